The number of hydrogen-bond acceptors (Lipinski definition) is 2. The highest BCUT2D eigenvalue weighted by Crippen LogP contribution is 2.35. The first-order chi connectivity index (χ1) is 8.65. The average Bonchev–Trinajstić information content (AvgIpc) is 2.87. The van der Waals surface area contributed by atoms with E-state index in [1.165, 1.54) is 29.0 Å². The van der Waals surface area contributed by atoms with Crippen LogP contribution in [-0.4, -0.2) is 0 Å². The van der Waals surface area contributed by atoms with Crippen LogP contribution in [-0.2, 0) is 12.8 Å². The Morgan fingerprint density at radius 3 is 2.72 bits per heavy atom. The number of aryl methyl sites for hydroxylation is 2. The molecule has 1 atom stereocenters. The summed E-state index contributed by atoms with van der Waals surface area (Å²) in [6, 6.07) is 5.14. The van der Waals surface area contributed by atoms with Gasteiger partial charge in [0.1, 0.15) is 11.6 Å². The molecule has 1 aliphatic carbocycles. The zero-order valence-corrected chi connectivity index (χ0v) is 10.6. The Morgan fingerprint density at radius 1 is 1.17 bits per heavy atom. The third-order valence-corrected chi connectivity index (χ3v) is 4.69. The lowest BCUT2D eigenvalue weighted by Gasteiger charge is -2.11. The Morgan fingerprint density at radius 2 is 2.00 bits per heavy atom. The molecule has 0 spiro atoms. The van der Waals surface area contributed by atoms with Crippen LogP contribution in [0.25, 0.3) is 0 Å². The van der Waals surface area contributed by atoms with Crippen molar-refractivity contribution in [1.29, 1.82) is 0 Å². The van der Waals surface area contributed by atoms with Crippen LogP contribution in [0.4, 0.5) is 8.78 Å². The molecular formula is C14H13F2NS. The first-order valence-corrected chi connectivity index (χ1v) is 6.79. The molecule has 3 rings (SSSR count). The van der Waals surface area contributed by atoms with Crippen LogP contribution in [0, 0.1) is 11.6 Å². The van der Waals surface area contributed by atoms with Crippen molar-refractivity contribution in [2.24, 2.45) is 5.73 Å². The number of benzene rings is 1. The lowest BCUT2D eigenvalue weighted by molar-refractivity contribution is 0.566. The summed E-state index contributed by atoms with van der Waals surface area (Å²) in [5.41, 5.74) is 7.77. The topological polar surface area (TPSA) is 26.0 Å². The van der Waals surface area contributed by atoms with E-state index in [1.807, 2.05) is 0 Å². The third kappa shape index (κ3) is 1.95. The van der Waals surface area contributed by atoms with Crippen molar-refractivity contribution in [3.05, 3.63) is 56.8 Å². The van der Waals surface area contributed by atoms with E-state index in [0.717, 1.165) is 23.8 Å². The lowest BCUT2D eigenvalue weighted by atomic mass is 10.0. The summed E-state index contributed by atoms with van der Waals surface area (Å²) in [6.07, 6.45) is 3.38. The molecule has 1 unspecified atom stereocenters. The van der Waals surface area contributed by atoms with Gasteiger partial charge in [-0.25, -0.2) is 8.78 Å². The fraction of sp³-hybridized carbons (Fsp3) is 0.286. The summed E-state index contributed by atoms with van der Waals surface area (Å²) < 4.78 is 26.5. The van der Waals surface area contributed by atoms with Gasteiger partial charge in [0.05, 0.1) is 6.04 Å². The van der Waals surface area contributed by atoms with Crippen molar-refractivity contribution >= 4 is 11.3 Å². The van der Waals surface area contributed by atoms with E-state index >= 15 is 0 Å². The second-order valence-electron chi connectivity index (χ2n) is 4.59. The van der Waals surface area contributed by atoms with Crippen molar-refractivity contribution in [3.63, 3.8) is 0 Å². The van der Waals surface area contributed by atoms with E-state index < -0.39 is 17.7 Å². The van der Waals surface area contributed by atoms with Gasteiger partial charge >= 0.3 is 0 Å². The van der Waals surface area contributed by atoms with Crippen LogP contribution in [0.2, 0.25) is 0 Å². The van der Waals surface area contributed by atoms with Gasteiger partial charge in [0.25, 0.3) is 0 Å². The van der Waals surface area contributed by atoms with Crippen LogP contribution in [0.1, 0.15) is 33.3 Å². The molecular weight excluding hydrogens is 252 g/mol. The molecule has 0 saturated heterocycles. The molecule has 0 fully saturated rings. The van der Waals surface area contributed by atoms with Crippen molar-refractivity contribution in [3.8, 4) is 0 Å². The van der Waals surface area contributed by atoms with Crippen LogP contribution in [0.5, 0.6) is 0 Å². The Balaban J connectivity index is 1.95. The minimum absolute atomic E-state index is 0.358. The van der Waals surface area contributed by atoms with E-state index in [2.05, 4.69) is 6.07 Å². The number of rotatable bonds is 2. The monoisotopic (exact) mass is 265 g/mol. The number of halogens is 2. The van der Waals surface area contributed by atoms with Gasteiger partial charge in [0.15, 0.2) is 0 Å². The van der Waals surface area contributed by atoms with E-state index in [9.17, 15) is 8.78 Å². The Hall–Kier alpha value is -1.26. The van der Waals surface area contributed by atoms with Gasteiger partial charge in [-0.3, -0.25) is 0 Å². The maximum Gasteiger partial charge on any atom is 0.131 e. The molecule has 1 nitrogen and oxygen atoms in total. The predicted molar refractivity (Wildman–Crippen MR) is 68.7 cm³/mol. The normalized spacial score (nSPS) is 15.7. The number of hydrogen-bond donors (Lipinski definition) is 1. The minimum atomic E-state index is -0.573. The first kappa shape index (κ1) is 11.8. The fourth-order valence-corrected chi connectivity index (χ4v) is 3.69. The average molecular weight is 265 g/mol. The van der Waals surface area contributed by atoms with Crippen molar-refractivity contribution < 1.29 is 8.78 Å². The molecule has 1 heterocycles. The summed E-state index contributed by atoms with van der Waals surface area (Å²) >= 11 is 1.65. The third-order valence-electron chi connectivity index (χ3n) is 3.37. The van der Waals surface area contributed by atoms with E-state index in [1.54, 1.807) is 11.3 Å². The molecule has 0 saturated carbocycles. The zero-order valence-electron chi connectivity index (χ0n) is 9.75. The summed E-state index contributed by atoms with van der Waals surface area (Å²) in [5, 5.41) is 0. The Bertz CT molecular complexity index is 570. The predicted octanol–water partition coefficient (Wildman–Crippen LogP) is 3.56. The molecule has 94 valence electrons. The van der Waals surface area contributed by atoms with Crippen molar-refractivity contribution in [2.45, 2.75) is 25.3 Å². The molecule has 1 aromatic heterocycles. The SMILES string of the molecule is NC(c1cc2c(s1)CCC2)c1ccc(F)cc1F. The Labute approximate surface area is 108 Å². The first-order valence-electron chi connectivity index (χ1n) is 5.97. The molecule has 4 heteroatoms. The number of nitrogens with two attached hydrogens (primary N) is 1. The summed E-state index contributed by atoms with van der Waals surface area (Å²) in [5.74, 6) is -1.15. The molecule has 0 bridgehead atoms. The van der Waals surface area contributed by atoms with Gasteiger partial charge in [0.2, 0.25) is 0 Å². The van der Waals surface area contributed by atoms with Crippen LogP contribution < -0.4 is 5.73 Å². The quantitative estimate of drug-likeness (QED) is 0.882. The smallest absolute Gasteiger partial charge is 0.131 e. The summed E-state index contributed by atoms with van der Waals surface area (Å²) in [6.45, 7) is 0. The number of thiophene rings is 1. The van der Waals surface area contributed by atoms with Gasteiger partial charge in [-0.2, -0.15) is 0 Å². The zero-order chi connectivity index (χ0) is 12.7. The standard InChI is InChI=1S/C14H13F2NS/c15-9-4-5-10(11(16)7-9)14(17)13-6-8-2-1-3-12(8)18-13/h4-7,14H,1-3,17H2. The van der Waals surface area contributed by atoms with Crippen LogP contribution >= 0.6 is 11.3 Å². The summed E-state index contributed by atoms with van der Waals surface area (Å²) in [4.78, 5) is 2.33. The molecule has 0 amide bonds. The van der Waals surface area contributed by atoms with E-state index in [0.29, 0.717) is 5.56 Å². The second-order valence-corrected chi connectivity index (χ2v) is 5.76. The van der Waals surface area contributed by atoms with Crippen molar-refractivity contribution in [1.82, 2.24) is 0 Å². The van der Waals surface area contributed by atoms with E-state index in [4.69, 9.17) is 5.73 Å². The molecule has 2 N–H and O–H groups in total. The molecule has 1 aliphatic rings. The fourth-order valence-electron chi connectivity index (χ4n) is 2.41. The Kier molecular flexibility index (Phi) is 2.92. The van der Waals surface area contributed by atoms with Gasteiger partial charge in [-0.05, 0) is 37.0 Å². The molecule has 18 heavy (non-hydrogen) atoms. The van der Waals surface area contributed by atoms with E-state index in [-0.39, 0.29) is 0 Å². The second kappa shape index (κ2) is 4.44. The summed E-state index contributed by atoms with van der Waals surface area (Å²) in [7, 11) is 0. The maximum absolute atomic E-state index is 13.7. The largest absolute Gasteiger partial charge is 0.320 e. The van der Waals surface area contributed by atoms with Gasteiger partial charge in [0, 0.05) is 21.4 Å². The molecule has 2 aromatic rings. The highest BCUT2D eigenvalue weighted by Gasteiger charge is 2.21. The highest BCUT2D eigenvalue weighted by atomic mass is 32.1. The highest BCUT2D eigenvalue weighted by molar-refractivity contribution is 7.12. The maximum atomic E-state index is 13.7. The molecule has 0 radical (unpaired) electrons. The molecule has 0 aliphatic heterocycles. The number of fused-ring (bicyclic) bond motifs is 1. The van der Waals surface area contributed by atoms with Gasteiger partial charge in [-0.1, -0.05) is 6.07 Å². The lowest BCUT2D eigenvalue weighted by Crippen LogP contribution is -2.12. The van der Waals surface area contributed by atoms with Gasteiger partial charge < -0.3 is 5.73 Å². The van der Waals surface area contributed by atoms with Crippen LogP contribution in [0.15, 0.2) is 24.3 Å². The van der Waals surface area contributed by atoms with Crippen molar-refractivity contribution in [2.75, 3.05) is 0 Å². The van der Waals surface area contributed by atoms with Crippen LogP contribution in [0.3, 0.4) is 0 Å². The minimum Gasteiger partial charge on any atom is -0.320 e. The molecule has 1 aromatic carbocycles. The van der Waals surface area contributed by atoms with Gasteiger partial charge in [-0.15, -0.1) is 11.3 Å².